The predicted molar refractivity (Wildman–Crippen MR) is 130 cm³/mol. The third-order valence-corrected chi connectivity index (χ3v) is 7.09. The van der Waals surface area contributed by atoms with Crippen molar-refractivity contribution in [2.24, 2.45) is 4.76 Å². The summed E-state index contributed by atoms with van der Waals surface area (Å²) in [4.78, 5) is 6.54. The number of aromatic nitrogens is 1. The summed E-state index contributed by atoms with van der Waals surface area (Å²) in [6.07, 6.45) is 13.4. The van der Waals surface area contributed by atoms with Crippen molar-refractivity contribution in [3.8, 4) is 11.5 Å². The number of ether oxygens (including phenoxy) is 1. The Morgan fingerprint density at radius 2 is 1.60 bits per heavy atom. The topological polar surface area (TPSA) is 56.2 Å². The van der Waals surface area contributed by atoms with Crippen LogP contribution in [0.3, 0.4) is 0 Å². The lowest BCUT2D eigenvalue weighted by atomic mass is 10.1. The third kappa shape index (κ3) is 10.2. The van der Waals surface area contributed by atoms with E-state index in [0.717, 1.165) is 57.5 Å². The summed E-state index contributed by atoms with van der Waals surface area (Å²) in [6, 6.07) is 1.76. The van der Waals surface area contributed by atoms with Crippen LogP contribution in [0.2, 0.25) is 0 Å². The summed E-state index contributed by atoms with van der Waals surface area (Å²) < 4.78 is 21.9. The Morgan fingerprint density at radius 3 is 2.17 bits per heavy atom. The summed E-state index contributed by atoms with van der Waals surface area (Å²) >= 11 is 5.77. The zero-order valence-corrected chi connectivity index (χ0v) is 21.1. The van der Waals surface area contributed by atoms with E-state index in [-0.39, 0.29) is 0 Å². The molecule has 0 spiro atoms. The van der Waals surface area contributed by atoms with Gasteiger partial charge >= 0.3 is 6.64 Å². The molecule has 0 N–H and O–H groups in total. The Hall–Kier alpha value is -1.17. The molecule has 1 atom stereocenters. The zero-order chi connectivity index (χ0) is 22.2. The highest BCUT2D eigenvalue weighted by atomic mass is 32.5. The minimum absolute atomic E-state index is 0.516. The highest BCUT2D eigenvalue weighted by Crippen LogP contribution is 2.50. The van der Waals surface area contributed by atoms with E-state index in [1.165, 1.54) is 19.3 Å². The van der Waals surface area contributed by atoms with E-state index in [0.29, 0.717) is 11.5 Å². The second-order valence-corrected chi connectivity index (χ2v) is 10.4. The Labute approximate surface area is 188 Å². The second-order valence-electron chi connectivity index (χ2n) is 7.32. The molecule has 0 amide bonds. The van der Waals surface area contributed by atoms with Crippen LogP contribution in [0.15, 0.2) is 23.2 Å². The van der Waals surface area contributed by atoms with Gasteiger partial charge in [-0.3, -0.25) is 4.98 Å². The fourth-order valence-corrected chi connectivity index (χ4v) is 4.60. The van der Waals surface area contributed by atoms with Crippen molar-refractivity contribution in [3.05, 3.63) is 18.5 Å². The van der Waals surface area contributed by atoms with E-state index < -0.39 is 6.64 Å². The number of nitrogens with zero attached hydrogens (tertiary/aromatic N) is 3. The molecule has 1 heterocycles. The van der Waals surface area contributed by atoms with Crippen LogP contribution < -0.4 is 9.26 Å². The maximum Gasteiger partial charge on any atom is 0.362 e. The van der Waals surface area contributed by atoms with Crippen LogP contribution in [-0.4, -0.2) is 43.0 Å². The van der Waals surface area contributed by atoms with E-state index in [1.807, 2.05) is 0 Å². The molecular weight excluding hydrogens is 417 g/mol. The number of pyridine rings is 1. The molecule has 1 aromatic heterocycles. The molecular formula is C22H40N3O3PS. The molecule has 0 aromatic carbocycles. The molecule has 0 radical (unpaired) electrons. The van der Waals surface area contributed by atoms with Crippen molar-refractivity contribution < 1.29 is 13.8 Å². The van der Waals surface area contributed by atoms with Gasteiger partial charge in [-0.2, -0.15) is 4.76 Å². The molecule has 8 heteroatoms. The number of unbranched alkanes of at least 4 members (excludes halogenated alkanes) is 5. The zero-order valence-electron chi connectivity index (χ0n) is 19.4. The highest BCUT2D eigenvalue weighted by Gasteiger charge is 2.22. The van der Waals surface area contributed by atoms with Crippen LogP contribution in [0.5, 0.6) is 11.5 Å². The molecule has 1 aromatic rings. The number of hydrogen-bond acceptors (Lipinski definition) is 5. The summed E-state index contributed by atoms with van der Waals surface area (Å²) in [5.74, 6) is 2.15. The summed E-state index contributed by atoms with van der Waals surface area (Å²) in [7, 11) is 3.17. The first-order chi connectivity index (χ1) is 14.5. The summed E-state index contributed by atoms with van der Waals surface area (Å²) in [6.45, 7) is 5.74. The first-order valence-corrected chi connectivity index (χ1v) is 13.8. The van der Waals surface area contributed by atoms with Crippen molar-refractivity contribution in [2.75, 3.05) is 27.3 Å². The minimum Gasteiger partial charge on any atom is -0.495 e. The molecule has 0 aliphatic rings. The van der Waals surface area contributed by atoms with Gasteiger partial charge in [-0.15, -0.1) is 0 Å². The molecule has 6 nitrogen and oxygen atoms in total. The van der Waals surface area contributed by atoms with Crippen molar-refractivity contribution in [1.29, 1.82) is 0 Å². The van der Waals surface area contributed by atoms with Crippen molar-refractivity contribution >= 4 is 24.3 Å². The van der Waals surface area contributed by atoms with Gasteiger partial charge in [0.1, 0.15) is 11.6 Å². The van der Waals surface area contributed by atoms with E-state index >= 15 is 0 Å². The van der Waals surface area contributed by atoms with Gasteiger partial charge in [-0.1, -0.05) is 52.9 Å². The molecule has 0 aliphatic heterocycles. The third-order valence-electron chi connectivity index (χ3n) is 4.80. The molecule has 172 valence electrons. The van der Waals surface area contributed by atoms with Crippen molar-refractivity contribution in [2.45, 2.75) is 78.6 Å². The van der Waals surface area contributed by atoms with Gasteiger partial charge in [0.15, 0.2) is 5.75 Å². The van der Waals surface area contributed by atoms with Gasteiger partial charge < -0.3 is 18.7 Å². The van der Waals surface area contributed by atoms with Gasteiger partial charge in [0.05, 0.1) is 19.5 Å². The van der Waals surface area contributed by atoms with Crippen LogP contribution in [0.4, 0.5) is 0 Å². The number of rotatable bonds is 16. The Bertz CT molecular complexity index is 665. The van der Waals surface area contributed by atoms with E-state index in [4.69, 9.17) is 30.4 Å². The quantitative estimate of drug-likeness (QED) is 0.120. The smallest absolute Gasteiger partial charge is 0.362 e. The maximum absolute atomic E-state index is 6.06. The second kappa shape index (κ2) is 15.6. The van der Waals surface area contributed by atoms with Crippen molar-refractivity contribution in [3.63, 3.8) is 0 Å². The Kier molecular flexibility index (Phi) is 14.0. The average molecular weight is 458 g/mol. The van der Waals surface area contributed by atoms with Gasteiger partial charge in [-0.25, -0.2) is 0 Å². The standard InChI is InChI=1S/C22H40N3O3PS/c1-6-9-12-13-14-22(25(15-10-7-2)16-11-8-3)24-29(30,27-5)28-21-17-20(26-4)18-23-19-21/h17-19H,6-16H2,1-5H3/b24-22+. The Balaban J connectivity index is 3.13. The molecule has 0 bridgehead atoms. The maximum atomic E-state index is 6.06. The monoisotopic (exact) mass is 457 g/mol. The highest BCUT2D eigenvalue weighted by molar-refractivity contribution is 8.09. The fourth-order valence-electron chi connectivity index (χ4n) is 2.98. The fraction of sp³-hybridized carbons (Fsp3) is 0.727. The molecule has 0 fully saturated rings. The number of methoxy groups -OCH3 is 1. The molecule has 0 saturated heterocycles. The van der Waals surface area contributed by atoms with Gasteiger partial charge in [0.25, 0.3) is 0 Å². The molecule has 1 unspecified atom stereocenters. The largest absolute Gasteiger partial charge is 0.495 e. The predicted octanol–water partition coefficient (Wildman–Crippen LogP) is 6.61. The van der Waals surface area contributed by atoms with Gasteiger partial charge in [0, 0.05) is 44.5 Å². The van der Waals surface area contributed by atoms with E-state index in [2.05, 4.69) is 30.7 Å². The van der Waals surface area contributed by atoms with Crippen molar-refractivity contribution in [1.82, 2.24) is 9.88 Å². The molecule has 30 heavy (non-hydrogen) atoms. The van der Waals surface area contributed by atoms with Gasteiger partial charge in [-0.05, 0) is 19.3 Å². The van der Waals surface area contributed by atoms with Crippen LogP contribution in [0.25, 0.3) is 0 Å². The van der Waals surface area contributed by atoms with E-state index in [9.17, 15) is 0 Å². The number of hydrogen-bond donors (Lipinski definition) is 0. The average Bonchev–Trinajstić information content (AvgIpc) is 2.76. The van der Waals surface area contributed by atoms with Crippen LogP contribution in [-0.2, 0) is 16.3 Å². The van der Waals surface area contributed by atoms with E-state index in [1.54, 1.807) is 32.7 Å². The number of amidine groups is 1. The minimum atomic E-state index is -2.90. The molecule has 0 aliphatic carbocycles. The van der Waals surface area contributed by atoms with Crippen LogP contribution in [0.1, 0.15) is 78.6 Å². The summed E-state index contributed by atoms with van der Waals surface area (Å²) in [5.41, 5.74) is 0. The SMILES string of the molecule is CCCCCC/C(=N\P(=S)(OC)Oc1cncc(OC)c1)N(CCCC)CCCC. The lowest BCUT2D eigenvalue weighted by molar-refractivity contribution is 0.377. The Morgan fingerprint density at radius 1 is 0.967 bits per heavy atom. The lowest BCUT2D eigenvalue weighted by Crippen LogP contribution is -2.33. The normalized spacial score (nSPS) is 13.7. The first kappa shape index (κ1) is 26.9. The lowest BCUT2D eigenvalue weighted by Gasteiger charge is -2.28. The van der Waals surface area contributed by atoms with Crippen LogP contribution >= 0.6 is 6.64 Å². The van der Waals surface area contributed by atoms with Gasteiger partial charge in [0.2, 0.25) is 0 Å². The summed E-state index contributed by atoms with van der Waals surface area (Å²) in [5, 5.41) is 0. The molecule has 0 saturated carbocycles. The molecule has 1 rings (SSSR count). The first-order valence-electron chi connectivity index (χ1n) is 11.2. The van der Waals surface area contributed by atoms with Crippen LogP contribution in [0, 0.1) is 0 Å².